The van der Waals surface area contributed by atoms with Crippen molar-refractivity contribution >= 4 is 0 Å². The van der Waals surface area contributed by atoms with Crippen LogP contribution in [0.15, 0.2) is 12.1 Å². The third-order valence-corrected chi connectivity index (χ3v) is 4.19. The molecule has 4 heteroatoms. The SMILES string of the molecule is CC(C)(F)c1cc2c(cc1C1(N)CCCC1)OCO2. The van der Waals surface area contributed by atoms with Crippen LogP contribution in [-0.2, 0) is 11.2 Å². The van der Waals surface area contributed by atoms with E-state index in [0.29, 0.717) is 17.1 Å². The van der Waals surface area contributed by atoms with E-state index < -0.39 is 11.2 Å². The number of rotatable bonds is 2. The van der Waals surface area contributed by atoms with E-state index >= 15 is 0 Å². The average molecular weight is 265 g/mol. The third-order valence-electron chi connectivity index (χ3n) is 4.19. The molecule has 2 N–H and O–H groups in total. The molecule has 1 aliphatic carbocycles. The Morgan fingerprint density at radius 1 is 1.16 bits per heavy atom. The largest absolute Gasteiger partial charge is 0.454 e. The fourth-order valence-corrected chi connectivity index (χ4v) is 3.12. The topological polar surface area (TPSA) is 44.5 Å². The zero-order valence-electron chi connectivity index (χ0n) is 11.5. The first-order valence-electron chi connectivity index (χ1n) is 6.83. The van der Waals surface area contributed by atoms with Gasteiger partial charge in [-0.25, -0.2) is 4.39 Å². The second kappa shape index (κ2) is 4.10. The van der Waals surface area contributed by atoms with E-state index in [1.807, 2.05) is 6.07 Å². The lowest BCUT2D eigenvalue weighted by Crippen LogP contribution is -2.35. The maximum Gasteiger partial charge on any atom is 0.231 e. The molecule has 2 aliphatic rings. The number of alkyl halides is 1. The molecule has 0 radical (unpaired) electrons. The van der Waals surface area contributed by atoms with E-state index in [-0.39, 0.29) is 6.79 Å². The van der Waals surface area contributed by atoms with Gasteiger partial charge >= 0.3 is 0 Å². The van der Waals surface area contributed by atoms with E-state index in [9.17, 15) is 4.39 Å². The van der Waals surface area contributed by atoms with Crippen molar-refractivity contribution in [2.24, 2.45) is 5.73 Å². The van der Waals surface area contributed by atoms with E-state index in [2.05, 4.69) is 0 Å². The van der Waals surface area contributed by atoms with Crippen LogP contribution in [0.1, 0.15) is 50.7 Å². The van der Waals surface area contributed by atoms with Crippen LogP contribution in [0.2, 0.25) is 0 Å². The Morgan fingerprint density at radius 3 is 2.32 bits per heavy atom. The van der Waals surface area contributed by atoms with Gasteiger partial charge in [0.25, 0.3) is 0 Å². The third kappa shape index (κ3) is 2.08. The maximum absolute atomic E-state index is 14.5. The van der Waals surface area contributed by atoms with Crippen molar-refractivity contribution in [1.82, 2.24) is 0 Å². The summed E-state index contributed by atoms with van der Waals surface area (Å²) in [5, 5.41) is 0. The van der Waals surface area contributed by atoms with E-state index in [1.165, 1.54) is 0 Å². The van der Waals surface area contributed by atoms with Gasteiger partial charge < -0.3 is 15.2 Å². The lowest BCUT2D eigenvalue weighted by Gasteiger charge is -2.30. The van der Waals surface area contributed by atoms with Gasteiger partial charge in [-0.15, -0.1) is 0 Å². The van der Waals surface area contributed by atoms with Crippen molar-refractivity contribution in [3.63, 3.8) is 0 Å². The van der Waals surface area contributed by atoms with E-state index in [0.717, 1.165) is 31.2 Å². The van der Waals surface area contributed by atoms with Crippen LogP contribution in [0, 0.1) is 0 Å². The molecule has 1 aromatic carbocycles. The highest BCUT2D eigenvalue weighted by atomic mass is 19.1. The van der Waals surface area contributed by atoms with Gasteiger partial charge in [-0.1, -0.05) is 12.8 Å². The molecule has 1 aliphatic heterocycles. The Morgan fingerprint density at radius 2 is 1.74 bits per heavy atom. The molecule has 0 amide bonds. The predicted octanol–water partition coefficient (Wildman–Crippen LogP) is 3.35. The lowest BCUT2D eigenvalue weighted by atomic mass is 9.81. The zero-order chi connectivity index (χ0) is 13.7. The lowest BCUT2D eigenvalue weighted by molar-refractivity contribution is 0.173. The number of hydrogen-bond acceptors (Lipinski definition) is 3. The number of ether oxygens (including phenoxy) is 2. The molecule has 0 atom stereocenters. The number of halogens is 1. The van der Waals surface area contributed by atoms with Crippen molar-refractivity contribution in [3.05, 3.63) is 23.3 Å². The van der Waals surface area contributed by atoms with Crippen LogP contribution in [-0.4, -0.2) is 6.79 Å². The fourth-order valence-electron chi connectivity index (χ4n) is 3.12. The predicted molar refractivity (Wildman–Crippen MR) is 71.0 cm³/mol. The van der Waals surface area contributed by atoms with Gasteiger partial charge in [0.15, 0.2) is 11.5 Å². The quantitative estimate of drug-likeness (QED) is 0.891. The van der Waals surface area contributed by atoms with Crippen molar-refractivity contribution in [1.29, 1.82) is 0 Å². The van der Waals surface area contributed by atoms with Crippen LogP contribution in [0.4, 0.5) is 4.39 Å². The fraction of sp³-hybridized carbons (Fsp3) is 0.600. The summed E-state index contributed by atoms with van der Waals surface area (Å²) in [5.41, 5.74) is 6.14. The van der Waals surface area contributed by atoms with Crippen LogP contribution >= 0.6 is 0 Å². The number of fused-ring (bicyclic) bond motifs is 1. The minimum absolute atomic E-state index is 0.197. The average Bonchev–Trinajstić information content (AvgIpc) is 2.94. The van der Waals surface area contributed by atoms with Crippen molar-refractivity contribution in [2.75, 3.05) is 6.79 Å². The summed E-state index contributed by atoms with van der Waals surface area (Å²) >= 11 is 0. The Bertz CT molecular complexity index is 502. The molecular weight excluding hydrogens is 245 g/mol. The first-order chi connectivity index (χ1) is 8.90. The van der Waals surface area contributed by atoms with Crippen LogP contribution < -0.4 is 15.2 Å². The monoisotopic (exact) mass is 265 g/mol. The molecule has 0 spiro atoms. The highest BCUT2D eigenvalue weighted by molar-refractivity contribution is 5.52. The van der Waals surface area contributed by atoms with Crippen molar-refractivity contribution in [3.8, 4) is 11.5 Å². The molecule has 0 aromatic heterocycles. The molecule has 3 rings (SSSR count). The van der Waals surface area contributed by atoms with Crippen LogP contribution in [0.3, 0.4) is 0 Å². The van der Waals surface area contributed by atoms with Gasteiger partial charge in [-0.3, -0.25) is 0 Å². The number of benzene rings is 1. The summed E-state index contributed by atoms with van der Waals surface area (Å²) < 4.78 is 25.3. The second-order valence-corrected chi connectivity index (χ2v) is 6.09. The van der Waals surface area contributed by atoms with Gasteiger partial charge in [-0.2, -0.15) is 0 Å². The van der Waals surface area contributed by atoms with Crippen molar-refractivity contribution < 1.29 is 13.9 Å². The zero-order valence-corrected chi connectivity index (χ0v) is 11.5. The Balaban J connectivity index is 2.16. The molecule has 1 saturated carbocycles. The van der Waals surface area contributed by atoms with Gasteiger partial charge in [0.1, 0.15) is 5.67 Å². The maximum atomic E-state index is 14.5. The molecule has 1 aromatic rings. The number of hydrogen-bond donors (Lipinski definition) is 1. The first kappa shape index (κ1) is 12.7. The Labute approximate surface area is 112 Å². The molecule has 104 valence electrons. The minimum atomic E-state index is -1.44. The Kier molecular flexibility index (Phi) is 2.75. The normalized spacial score (nSPS) is 20.8. The summed E-state index contributed by atoms with van der Waals surface area (Å²) in [4.78, 5) is 0. The summed E-state index contributed by atoms with van der Waals surface area (Å²) in [6.07, 6.45) is 3.99. The number of nitrogens with two attached hydrogens (primary N) is 1. The van der Waals surface area contributed by atoms with E-state index in [4.69, 9.17) is 15.2 Å². The molecule has 19 heavy (non-hydrogen) atoms. The highest BCUT2D eigenvalue weighted by Gasteiger charge is 2.38. The molecule has 1 fully saturated rings. The van der Waals surface area contributed by atoms with E-state index in [1.54, 1.807) is 19.9 Å². The standard InChI is InChI=1S/C15H20FNO2/c1-14(2,16)10-7-12-13(19-9-18-12)8-11(10)15(17)5-3-4-6-15/h7-8H,3-6,9,17H2,1-2H3. The summed E-state index contributed by atoms with van der Waals surface area (Å²) in [6, 6.07) is 3.63. The van der Waals surface area contributed by atoms with Crippen molar-refractivity contribution in [2.45, 2.75) is 50.7 Å². The molecular formula is C15H20FNO2. The molecule has 0 unspecified atom stereocenters. The van der Waals surface area contributed by atoms with Crippen LogP contribution in [0.25, 0.3) is 0 Å². The molecule has 0 bridgehead atoms. The first-order valence-corrected chi connectivity index (χ1v) is 6.83. The molecule has 0 saturated heterocycles. The smallest absolute Gasteiger partial charge is 0.231 e. The summed E-state index contributed by atoms with van der Waals surface area (Å²) in [6.45, 7) is 3.32. The highest BCUT2D eigenvalue weighted by Crippen LogP contribution is 2.46. The summed E-state index contributed by atoms with van der Waals surface area (Å²) in [5.74, 6) is 1.30. The van der Waals surface area contributed by atoms with Gasteiger partial charge in [0.2, 0.25) is 6.79 Å². The minimum Gasteiger partial charge on any atom is -0.454 e. The van der Waals surface area contributed by atoms with Gasteiger partial charge in [0, 0.05) is 5.54 Å². The molecule has 3 nitrogen and oxygen atoms in total. The summed E-state index contributed by atoms with van der Waals surface area (Å²) in [7, 11) is 0. The van der Waals surface area contributed by atoms with Gasteiger partial charge in [-0.05, 0) is 49.9 Å². The Hall–Kier alpha value is -1.29. The second-order valence-electron chi connectivity index (χ2n) is 6.09. The van der Waals surface area contributed by atoms with Gasteiger partial charge in [0.05, 0.1) is 0 Å². The van der Waals surface area contributed by atoms with Crippen LogP contribution in [0.5, 0.6) is 11.5 Å². The molecule has 1 heterocycles.